The van der Waals surface area contributed by atoms with Crippen molar-refractivity contribution >= 4 is 50.2 Å². The van der Waals surface area contributed by atoms with Crippen LogP contribution in [0.5, 0.6) is 0 Å². The lowest BCUT2D eigenvalue weighted by atomic mass is 9.98. The molecule has 1 N–H and O–H groups in total. The van der Waals surface area contributed by atoms with Gasteiger partial charge in [0.05, 0.1) is 21.5 Å². The monoisotopic (exact) mass is 469 g/mol. The van der Waals surface area contributed by atoms with Crippen molar-refractivity contribution in [3.8, 4) is 0 Å². The molecule has 0 saturated heterocycles. The highest BCUT2D eigenvalue weighted by atomic mass is 32.1. The summed E-state index contributed by atoms with van der Waals surface area (Å²) in [5.74, 6) is -1.44. The summed E-state index contributed by atoms with van der Waals surface area (Å²) in [5, 5.41) is 10.4. The van der Waals surface area contributed by atoms with E-state index in [1.54, 1.807) is 17.0 Å². The van der Waals surface area contributed by atoms with E-state index in [1.807, 2.05) is 42.5 Å². The third kappa shape index (κ3) is 3.18. The second-order valence-corrected chi connectivity index (χ2v) is 9.38. The Morgan fingerprint density at radius 1 is 0.853 bits per heavy atom. The Kier molecular flexibility index (Phi) is 4.70. The van der Waals surface area contributed by atoms with Crippen molar-refractivity contribution in [2.45, 2.75) is 12.8 Å². The summed E-state index contributed by atoms with van der Waals surface area (Å²) < 4.78 is 0.730. The summed E-state index contributed by atoms with van der Waals surface area (Å²) in [6, 6.07) is 18.2. The predicted molar refractivity (Wildman–Crippen MR) is 130 cm³/mol. The third-order valence-corrected chi connectivity index (χ3v) is 7.48. The lowest BCUT2D eigenvalue weighted by molar-refractivity contribution is 0.0697. The fraction of sp³-hybridized carbons (Fsp3) is 0.154. The van der Waals surface area contributed by atoms with E-state index in [4.69, 9.17) is 0 Å². The molecule has 4 aromatic rings. The molecule has 0 saturated carbocycles. The summed E-state index contributed by atoms with van der Waals surface area (Å²) in [5.41, 5.74) is 4.11. The molecule has 3 aromatic carbocycles. The molecule has 0 atom stereocenters. The van der Waals surface area contributed by atoms with Crippen LogP contribution in [0.2, 0.25) is 0 Å². The van der Waals surface area contributed by atoms with Gasteiger partial charge < -0.3 is 10.0 Å². The van der Waals surface area contributed by atoms with E-state index in [0.717, 1.165) is 22.2 Å². The Hall–Kier alpha value is -4.04. The van der Waals surface area contributed by atoms with Crippen LogP contribution >= 0.6 is 11.3 Å². The van der Waals surface area contributed by atoms with E-state index in [-0.39, 0.29) is 17.4 Å². The molecule has 8 heteroatoms. The summed E-state index contributed by atoms with van der Waals surface area (Å²) in [6.45, 7) is 0.907. The quantitative estimate of drug-likeness (QED) is 0.480. The highest BCUT2D eigenvalue weighted by Gasteiger charge is 2.31. The lowest BCUT2D eigenvalue weighted by Gasteiger charge is -2.29. The number of carbonyl (C=O) groups excluding carboxylic acids is 2. The fourth-order valence-electron chi connectivity index (χ4n) is 4.73. The van der Waals surface area contributed by atoms with Gasteiger partial charge in [-0.15, -0.1) is 0 Å². The highest BCUT2D eigenvalue weighted by Crippen LogP contribution is 2.37. The zero-order chi connectivity index (χ0) is 23.4. The number of carbonyl (C=O) groups is 3. The molecule has 3 heterocycles. The van der Waals surface area contributed by atoms with E-state index < -0.39 is 5.97 Å². The number of fused-ring (bicyclic) bond motifs is 3. The molecule has 34 heavy (non-hydrogen) atoms. The average molecular weight is 470 g/mol. The van der Waals surface area contributed by atoms with E-state index in [1.165, 1.54) is 22.3 Å². The number of hydrogen-bond acceptors (Lipinski definition) is 5. The molecule has 168 valence electrons. The van der Waals surface area contributed by atoms with Crippen LogP contribution < -0.4 is 9.80 Å². The SMILES string of the molecule is O=C(O)c1cc2nc(N3CCc4ccccc4C3=O)sc2cc1N1CCc2ccccc2C1=O. The van der Waals surface area contributed by atoms with E-state index >= 15 is 0 Å². The first kappa shape index (κ1) is 20.6. The van der Waals surface area contributed by atoms with Crippen LogP contribution in [-0.2, 0) is 12.8 Å². The molecule has 0 radical (unpaired) electrons. The average Bonchev–Trinajstić information content (AvgIpc) is 3.27. The molecule has 1 aromatic heterocycles. The molecule has 0 unspecified atom stereocenters. The van der Waals surface area contributed by atoms with Crippen molar-refractivity contribution in [2.24, 2.45) is 0 Å². The predicted octanol–water partition coefficient (Wildman–Crippen LogP) is 4.40. The molecule has 6 rings (SSSR count). The first-order chi connectivity index (χ1) is 16.5. The van der Waals surface area contributed by atoms with Crippen LogP contribution in [-0.4, -0.2) is 41.0 Å². The Bertz CT molecular complexity index is 1510. The number of carboxylic acids is 1. The summed E-state index contributed by atoms with van der Waals surface area (Å²) >= 11 is 1.33. The van der Waals surface area contributed by atoms with Crippen molar-refractivity contribution in [3.05, 3.63) is 88.5 Å². The molecule has 0 fully saturated rings. The van der Waals surface area contributed by atoms with Gasteiger partial charge in [-0.05, 0) is 48.2 Å². The molecule has 0 aliphatic carbocycles. The van der Waals surface area contributed by atoms with Crippen LogP contribution in [0.1, 0.15) is 42.2 Å². The second-order valence-electron chi connectivity index (χ2n) is 8.37. The van der Waals surface area contributed by atoms with Crippen molar-refractivity contribution in [3.63, 3.8) is 0 Å². The normalized spacial score (nSPS) is 15.4. The first-order valence-electron chi connectivity index (χ1n) is 11.0. The number of thiazole rings is 1. The highest BCUT2D eigenvalue weighted by molar-refractivity contribution is 7.22. The Morgan fingerprint density at radius 3 is 2.09 bits per heavy atom. The molecule has 2 aliphatic rings. The summed E-state index contributed by atoms with van der Waals surface area (Å²) in [6.07, 6.45) is 1.37. The van der Waals surface area contributed by atoms with E-state index in [0.29, 0.717) is 47.0 Å². The number of amides is 2. The van der Waals surface area contributed by atoms with Crippen LogP contribution in [0, 0.1) is 0 Å². The van der Waals surface area contributed by atoms with Crippen LogP contribution in [0.4, 0.5) is 10.8 Å². The minimum Gasteiger partial charge on any atom is -0.478 e. The lowest BCUT2D eigenvalue weighted by Crippen LogP contribution is -2.38. The molecular formula is C26H19N3O4S. The minimum absolute atomic E-state index is 0.0207. The first-order valence-corrected chi connectivity index (χ1v) is 11.8. The number of anilines is 2. The molecule has 2 amide bonds. The largest absolute Gasteiger partial charge is 0.478 e. The molecular weight excluding hydrogens is 450 g/mol. The van der Waals surface area contributed by atoms with Gasteiger partial charge in [0.15, 0.2) is 5.13 Å². The summed E-state index contributed by atoms with van der Waals surface area (Å²) in [7, 11) is 0. The van der Waals surface area contributed by atoms with Gasteiger partial charge in [0, 0.05) is 24.2 Å². The zero-order valence-electron chi connectivity index (χ0n) is 18.0. The van der Waals surface area contributed by atoms with Gasteiger partial charge in [0.25, 0.3) is 11.8 Å². The van der Waals surface area contributed by atoms with E-state index in [9.17, 15) is 19.5 Å². The van der Waals surface area contributed by atoms with E-state index in [2.05, 4.69) is 4.98 Å². The van der Waals surface area contributed by atoms with Crippen molar-refractivity contribution in [2.75, 3.05) is 22.9 Å². The maximum absolute atomic E-state index is 13.2. The van der Waals surface area contributed by atoms with Crippen molar-refractivity contribution in [1.29, 1.82) is 0 Å². The van der Waals surface area contributed by atoms with Crippen molar-refractivity contribution < 1.29 is 19.5 Å². The summed E-state index contributed by atoms with van der Waals surface area (Å²) in [4.78, 5) is 46.2. The van der Waals surface area contributed by atoms with Gasteiger partial charge in [-0.1, -0.05) is 47.7 Å². The molecule has 0 spiro atoms. The van der Waals surface area contributed by atoms with Gasteiger partial charge in [0.1, 0.15) is 0 Å². The second kappa shape index (κ2) is 7.78. The van der Waals surface area contributed by atoms with Crippen LogP contribution in [0.3, 0.4) is 0 Å². The number of hydrogen-bond donors (Lipinski definition) is 1. The third-order valence-electron chi connectivity index (χ3n) is 6.44. The van der Waals surface area contributed by atoms with Crippen LogP contribution in [0.25, 0.3) is 10.2 Å². The number of aromatic carboxylic acids is 1. The molecule has 0 bridgehead atoms. The van der Waals surface area contributed by atoms with Crippen molar-refractivity contribution in [1.82, 2.24) is 4.98 Å². The molecule has 2 aliphatic heterocycles. The van der Waals surface area contributed by atoms with Gasteiger partial charge >= 0.3 is 5.97 Å². The number of aromatic nitrogens is 1. The van der Waals surface area contributed by atoms with Gasteiger partial charge in [-0.25, -0.2) is 9.78 Å². The Morgan fingerprint density at radius 2 is 1.44 bits per heavy atom. The smallest absolute Gasteiger partial charge is 0.337 e. The number of carboxylic acid groups (broad SMARTS) is 1. The topological polar surface area (TPSA) is 90.8 Å². The Balaban J connectivity index is 1.42. The van der Waals surface area contributed by atoms with Gasteiger partial charge in [-0.3, -0.25) is 14.5 Å². The van der Waals surface area contributed by atoms with Gasteiger partial charge in [0.2, 0.25) is 0 Å². The minimum atomic E-state index is -1.12. The maximum Gasteiger partial charge on any atom is 0.337 e. The fourth-order valence-corrected chi connectivity index (χ4v) is 5.73. The maximum atomic E-state index is 13.2. The standard InChI is InChI=1S/C26H19N3O4S/c30-23-17-7-3-1-5-15(17)9-11-28(23)21-14-22-20(13-19(21)25(32)33)27-26(34-22)29-12-10-16-6-2-4-8-18(16)24(29)31/h1-8,13-14H,9-12H2,(H,32,33). The number of benzene rings is 3. The number of nitrogens with zero attached hydrogens (tertiary/aromatic N) is 3. The van der Waals surface area contributed by atoms with Crippen LogP contribution in [0.15, 0.2) is 60.7 Å². The zero-order valence-corrected chi connectivity index (χ0v) is 18.8. The Labute approximate surface area is 198 Å². The molecule has 7 nitrogen and oxygen atoms in total. The number of rotatable bonds is 3. The van der Waals surface area contributed by atoms with Gasteiger partial charge in [-0.2, -0.15) is 0 Å².